The molecule has 3 heterocycles. The van der Waals surface area contributed by atoms with Crippen molar-refractivity contribution in [1.29, 1.82) is 0 Å². The van der Waals surface area contributed by atoms with Gasteiger partial charge in [0.2, 0.25) is 0 Å². The zero-order valence-corrected chi connectivity index (χ0v) is 11.2. The quantitative estimate of drug-likeness (QED) is 0.448. The summed E-state index contributed by atoms with van der Waals surface area (Å²) < 4.78 is 1.62. The van der Waals surface area contributed by atoms with Gasteiger partial charge in [-0.3, -0.25) is 0 Å². The Hall–Kier alpha value is 0.573. The number of hydrogen-bond donors (Lipinski definition) is 0. The van der Waals surface area contributed by atoms with Crippen molar-refractivity contribution in [1.82, 2.24) is 0 Å². The van der Waals surface area contributed by atoms with Crippen LogP contribution in [0.2, 0.25) is 12.7 Å². The molecule has 4 rings (SSSR count). The van der Waals surface area contributed by atoms with E-state index < -0.39 is 12.3 Å². The van der Waals surface area contributed by atoms with Crippen LogP contribution < -0.4 is 0 Å². The van der Waals surface area contributed by atoms with Crippen LogP contribution in [-0.2, 0) is 0 Å². The van der Waals surface area contributed by atoms with Gasteiger partial charge in [-0.15, -0.1) is 0 Å². The van der Waals surface area contributed by atoms with Gasteiger partial charge in [-0.2, -0.15) is 0 Å². The summed E-state index contributed by atoms with van der Waals surface area (Å²) in [6.07, 6.45) is 0. The van der Waals surface area contributed by atoms with E-state index in [2.05, 4.69) is 34.6 Å². The van der Waals surface area contributed by atoms with Crippen LogP contribution in [0.1, 0.15) is 34.6 Å². The van der Waals surface area contributed by atoms with Crippen LogP contribution in [0.4, 0.5) is 0 Å². The Bertz CT molecular complexity index is 311. The molecular formula is C10H15ClGe. The van der Waals surface area contributed by atoms with Gasteiger partial charge < -0.3 is 0 Å². The minimum atomic E-state index is -1.91. The molecule has 1 aliphatic carbocycles. The van der Waals surface area contributed by atoms with E-state index in [0.717, 1.165) is 0 Å². The number of allylic oxidation sites excluding steroid dienone is 2. The van der Waals surface area contributed by atoms with Crippen molar-refractivity contribution in [2.75, 3.05) is 0 Å². The predicted molar refractivity (Wildman–Crippen MR) is 55.1 cm³/mol. The third-order valence-electron chi connectivity index (χ3n) is 6.00. The molecule has 2 fully saturated rings. The van der Waals surface area contributed by atoms with Crippen LogP contribution in [0, 0.1) is 0 Å². The molecule has 2 saturated heterocycles. The molecule has 0 amide bonds. The van der Waals surface area contributed by atoms with Gasteiger partial charge in [-0.05, 0) is 0 Å². The van der Waals surface area contributed by atoms with Gasteiger partial charge in [-0.25, -0.2) is 0 Å². The summed E-state index contributed by atoms with van der Waals surface area (Å²) in [4.78, 5) is 0. The molecule has 0 aromatic carbocycles. The van der Waals surface area contributed by atoms with Crippen LogP contribution in [0.25, 0.3) is 0 Å². The SMILES string of the molecule is CC1=C(C)[C]2(C)[C]3(C)[C]1(C)[Ge]23[Cl]. The van der Waals surface area contributed by atoms with Crippen LogP contribution in [0.5, 0.6) is 0 Å². The second-order valence-electron chi connectivity index (χ2n) is 5.28. The summed E-state index contributed by atoms with van der Waals surface area (Å²) in [5.41, 5.74) is 3.28. The van der Waals surface area contributed by atoms with Crippen molar-refractivity contribution in [2.45, 2.75) is 47.4 Å². The first-order valence-electron chi connectivity index (χ1n) is 4.69. The Morgan fingerprint density at radius 3 is 1.33 bits per heavy atom. The summed E-state index contributed by atoms with van der Waals surface area (Å²) in [5.74, 6) is 0. The first kappa shape index (κ1) is 7.93. The Morgan fingerprint density at radius 1 is 1.00 bits per heavy atom. The Labute approximate surface area is 80.9 Å². The summed E-state index contributed by atoms with van der Waals surface area (Å²) in [6, 6.07) is 0. The van der Waals surface area contributed by atoms with E-state index in [-0.39, 0.29) is 0 Å². The molecule has 0 aromatic heterocycles. The van der Waals surface area contributed by atoms with E-state index in [1.807, 2.05) is 0 Å². The molecular weight excluding hydrogens is 228 g/mol. The van der Waals surface area contributed by atoms with Crippen molar-refractivity contribution in [3.63, 3.8) is 0 Å². The average Bonchev–Trinajstić information content (AvgIpc) is 2.59. The maximum atomic E-state index is 6.84. The standard InChI is InChI=1S/C10H15ClGe/c1-6-7(2)9(4)10(5)8(6,3)12(9,10)11/h1-5H3. The van der Waals surface area contributed by atoms with Crippen molar-refractivity contribution in [2.24, 2.45) is 0 Å². The van der Waals surface area contributed by atoms with Gasteiger partial charge in [0.1, 0.15) is 0 Å². The third kappa shape index (κ3) is 0.292. The molecule has 2 atom stereocenters. The van der Waals surface area contributed by atoms with Crippen molar-refractivity contribution in [3.8, 4) is 0 Å². The Kier molecular flexibility index (Phi) is 0.915. The minimum absolute atomic E-state index is 0.521. The molecule has 0 aromatic rings. The molecule has 4 aliphatic rings. The molecule has 0 nitrogen and oxygen atoms in total. The molecule has 0 spiro atoms. The first-order valence-corrected chi connectivity index (χ1v) is 10.6. The van der Waals surface area contributed by atoms with Gasteiger partial charge in [0.05, 0.1) is 0 Å². The van der Waals surface area contributed by atoms with Crippen molar-refractivity contribution in [3.05, 3.63) is 11.1 Å². The van der Waals surface area contributed by atoms with Crippen molar-refractivity contribution < 1.29 is 0 Å². The fourth-order valence-corrected chi connectivity index (χ4v) is 27.7. The average molecular weight is 243 g/mol. The topological polar surface area (TPSA) is 0 Å². The van der Waals surface area contributed by atoms with E-state index >= 15 is 0 Å². The fourth-order valence-electron chi connectivity index (χ4n) is 4.66. The Morgan fingerprint density at radius 2 is 1.25 bits per heavy atom. The summed E-state index contributed by atoms with van der Waals surface area (Å²) in [5, 5.41) is 0. The monoisotopic (exact) mass is 244 g/mol. The van der Waals surface area contributed by atoms with E-state index in [1.54, 1.807) is 11.1 Å². The van der Waals surface area contributed by atoms with Crippen LogP contribution in [-0.4, -0.2) is 12.3 Å². The van der Waals surface area contributed by atoms with Gasteiger partial charge in [-0.1, -0.05) is 0 Å². The molecule has 66 valence electrons. The van der Waals surface area contributed by atoms with Crippen LogP contribution >= 0.6 is 10.0 Å². The summed E-state index contributed by atoms with van der Waals surface area (Å²) in [7, 11) is 6.84. The first-order chi connectivity index (χ1) is 5.32. The molecule has 0 N–H and O–H groups in total. The molecule has 2 bridgehead atoms. The van der Waals surface area contributed by atoms with E-state index in [1.165, 1.54) is 0 Å². The zero-order chi connectivity index (χ0) is 9.15. The zero-order valence-electron chi connectivity index (χ0n) is 8.38. The maximum absolute atomic E-state index is 6.84. The molecule has 3 aliphatic heterocycles. The predicted octanol–water partition coefficient (Wildman–Crippen LogP) is 3.83. The molecule has 2 heteroatoms. The number of rotatable bonds is 0. The van der Waals surface area contributed by atoms with Gasteiger partial charge in [0.25, 0.3) is 0 Å². The molecule has 2 unspecified atom stereocenters. The number of halogens is 1. The molecule has 0 radical (unpaired) electrons. The Balaban J connectivity index is 2.30. The van der Waals surface area contributed by atoms with E-state index in [0.29, 0.717) is 12.7 Å². The fraction of sp³-hybridized carbons (Fsp3) is 0.800. The van der Waals surface area contributed by atoms with E-state index in [9.17, 15) is 0 Å². The van der Waals surface area contributed by atoms with Crippen LogP contribution in [0.15, 0.2) is 11.1 Å². The normalized spacial score (nSPS) is 71.5. The summed E-state index contributed by atoms with van der Waals surface area (Å²) >= 11 is -1.91. The second-order valence-corrected chi connectivity index (χ2v) is 17.3. The van der Waals surface area contributed by atoms with E-state index in [4.69, 9.17) is 10.0 Å². The molecule has 12 heavy (non-hydrogen) atoms. The molecule has 0 saturated carbocycles. The van der Waals surface area contributed by atoms with Gasteiger partial charge >= 0.3 is 80.9 Å². The number of hydrogen-bond acceptors (Lipinski definition) is 0. The second kappa shape index (κ2) is 1.38. The van der Waals surface area contributed by atoms with Crippen LogP contribution in [0.3, 0.4) is 0 Å². The van der Waals surface area contributed by atoms with Gasteiger partial charge in [0.15, 0.2) is 0 Å². The van der Waals surface area contributed by atoms with Gasteiger partial charge in [0, 0.05) is 0 Å². The van der Waals surface area contributed by atoms with Crippen molar-refractivity contribution >= 4 is 22.3 Å². The summed E-state index contributed by atoms with van der Waals surface area (Å²) in [6.45, 7) is 11.9. The third-order valence-corrected chi connectivity index (χ3v) is 25.3.